The predicted octanol–water partition coefficient (Wildman–Crippen LogP) is 3.16. The van der Waals surface area contributed by atoms with E-state index < -0.39 is 10.0 Å². The minimum absolute atomic E-state index is 0.245. The molecule has 0 amide bonds. The fourth-order valence-electron chi connectivity index (χ4n) is 2.59. The average molecular weight is 327 g/mol. The zero-order chi connectivity index (χ0) is 15.0. The van der Waals surface area contributed by atoms with Gasteiger partial charge in [0.1, 0.15) is 0 Å². The van der Waals surface area contributed by atoms with Crippen molar-refractivity contribution >= 4 is 21.6 Å². The van der Waals surface area contributed by atoms with Crippen LogP contribution in [0.25, 0.3) is 0 Å². The van der Waals surface area contributed by atoms with Crippen molar-refractivity contribution in [3.05, 3.63) is 46.8 Å². The molecular weight excluding hydrogens is 312 g/mol. The molecule has 0 N–H and O–H groups in total. The average Bonchev–Trinajstić information content (AvgIpc) is 3.07. The second-order valence-corrected chi connectivity index (χ2v) is 7.43. The summed E-state index contributed by atoms with van der Waals surface area (Å²) < 4.78 is 32.2. The summed E-state index contributed by atoms with van der Waals surface area (Å²) in [5, 5.41) is 4.36. The van der Waals surface area contributed by atoms with Crippen molar-refractivity contribution in [2.45, 2.75) is 30.7 Å². The first-order valence-corrected chi connectivity index (χ1v) is 8.51. The van der Waals surface area contributed by atoms with Crippen LogP contribution in [0.2, 0.25) is 5.02 Å². The van der Waals surface area contributed by atoms with E-state index in [0.29, 0.717) is 17.3 Å². The maximum atomic E-state index is 12.8. The zero-order valence-corrected chi connectivity index (χ0v) is 13.1. The topological polar surface area (TPSA) is 63.4 Å². The molecule has 3 rings (SSSR count). The molecular formula is C14H15ClN2O3S. The summed E-state index contributed by atoms with van der Waals surface area (Å²) in [6, 6.07) is 7.72. The van der Waals surface area contributed by atoms with Crippen LogP contribution in [0, 0.1) is 6.92 Å². The maximum Gasteiger partial charge on any atom is 0.243 e. The lowest BCUT2D eigenvalue weighted by molar-refractivity contribution is 0.297. The summed E-state index contributed by atoms with van der Waals surface area (Å²) >= 11 is 5.82. The van der Waals surface area contributed by atoms with E-state index in [1.807, 2.05) is 6.92 Å². The van der Waals surface area contributed by atoms with Crippen molar-refractivity contribution in [3.63, 3.8) is 0 Å². The standard InChI is InChI=1S/C14H15ClN2O3S/c1-10-9-14(20-16-10)13-3-2-8-17(13)21(18,19)12-6-4-11(15)5-7-12/h4-7,9,13H,2-3,8H2,1H3/t13-/m1/s1. The van der Waals surface area contributed by atoms with Crippen LogP contribution >= 0.6 is 11.6 Å². The summed E-state index contributed by atoms with van der Waals surface area (Å²) in [4.78, 5) is 0.245. The van der Waals surface area contributed by atoms with Gasteiger partial charge in [-0.05, 0) is 44.0 Å². The van der Waals surface area contributed by atoms with E-state index in [4.69, 9.17) is 16.1 Å². The molecule has 0 unspecified atom stereocenters. The molecule has 1 fully saturated rings. The van der Waals surface area contributed by atoms with Crippen LogP contribution in [-0.4, -0.2) is 24.4 Å². The summed E-state index contributed by atoms with van der Waals surface area (Å²) in [7, 11) is -3.56. The van der Waals surface area contributed by atoms with Crippen molar-refractivity contribution in [3.8, 4) is 0 Å². The number of rotatable bonds is 3. The number of hydrogen-bond donors (Lipinski definition) is 0. The molecule has 0 aliphatic carbocycles. The Kier molecular flexibility index (Phi) is 3.77. The van der Waals surface area contributed by atoms with E-state index in [9.17, 15) is 8.42 Å². The van der Waals surface area contributed by atoms with E-state index in [1.165, 1.54) is 16.4 Å². The first kappa shape index (κ1) is 14.6. The van der Waals surface area contributed by atoms with Gasteiger partial charge in [0.15, 0.2) is 5.76 Å². The van der Waals surface area contributed by atoms with E-state index in [0.717, 1.165) is 18.5 Å². The predicted molar refractivity (Wildman–Crippen MR) is 78.6 cm³/mol. The quantitative estimate of drug-likeness (QED) is 0.869. The normalized spacial score (nSPS) is 20.0. The second-order valence-electron chi connectivity index (χ2n) is 5.10. The molecule has 0 bridgehead atoms. The number of aromatic nitrogens is 1. The van der Waals surface area contributed by atoms with Crippen LogP contribution in [0.3, 0.4) is 0 Å². The lowest BCUT2D eigenvalue weighted by Crippen LogP contribution is -2.30. The molecule has 2 heterocycles. The molecule has 1 aliphatic rings. The van der Waals surface area contributed by atoms with Gasteiger partial charge >= 0.3 is 0 Å². The number of halogens is 1. The Hall–Kier alpha value is -1.37. The van der Waals surface area contributed by atoms with Crippen molar-refractivity contribution in [1.29, 1.82) is 0 Å². The van der Waals surface area contributed by atoms with Crippen LogP contribution in [-0.2, 0) is 10.0 Å². The summed E-state index contributed by atoms with van der Waals surface area (Å²) in [6.07, 6.45) is 1.54. The van der Waals surface area contributed by atoms with Crippen LogP contribution in [0.1, 0.15) is 30.3 Å². The first-order valence-electron chi connectivity index (χ1n) is 6.69. The third kappa shape index (κ3) is 2.71. The van der Waals surface area contributed by atoms with Crippen LogP contribution < -0.4 is 0 Å². The molecule has 7 heteroatoms. The van der Waals surface area contributed by atoms with Crippen LogP contribution in [0.5, 0.6) is 0 Å². The molecule has 0 radical (unpaired) electrons. The fraction of sp³-hybridized carbons (Fsp3) is 0.357. The molecule has 1 aliphatic heterocycles. The van der Waals surface area contributed by atoms with Gasteiger partial charge in [-0.15, -0.1) is 0 Å². The highest BCUT2D eigenvalue weighted by atomic mass is 35.5. The molecule has 1 aromatic heterocycles. The summed E-state index contributed by atoms with van der Waals surface area (Å²) in [6.45, 7) is 2.30. The van der Waals surface area contributed by atoms with Gasteiger partial charge in [-0.1, -0.05) is 16.8 Å². The van der Waals surface area contributed by atoms with Gasteiger partial charge in [0.05, 0.1) is 16.6 Å². The fourth-order valence-corrected chi connectivity index (χ4v) is 4.39. The van der Waals surface area contributed by atoms with Gasteiger partial charge in [0.2, 0.25) is 10.0 Å². The zero-order valence-electron chi connectivity index (χ0n) is 11.5. The van der Waals surface area contributed by atoms with Crippen molar-refractivity contribution in [1.82, 2.24) is 9.46 Å². The lowest BCUT2D eigenvalue weighted by atomic mass is 10.2. The smallest absolute Gasteiger partial charge is 0.243 e. The SMILES string of the molecule is Cc1cc([C@H]2CCCN2S(=O)(=O)c2ccc(Cl)cc2)on1. The first-order chi connectivity index (χ1) is 9.98. The third-order valence-electron chi connectivity index (χ3n) is 3.60. The van der Waals surface area contributed by atoms with Crippen LogP contribution in [0.15, 0.2) is 39.8 Å². The molecule has 0 spiro atoms. The molecule has 5 nitrogen and oxygen atoms in total. The van der Waals surface area contributed by atoms with Crippen molar-refractivity contribution < 1.29 is 12.9 Å². The Balaban J connectivity index is 1.96. The van der Waals surface area contributed by atoms with E-state index >= 15 is 0 Å². The van der Waals surface area contributed by atoms with Gasteiger partial charge in [0.25, 0.3) is 0 Å². The number of nitrogens with zero attached hydrogens (tertiary/aromatic N) is 2. The summed E-state index contributed by atoms with van der Waals surface area (Å²) in [5.41, 5.74) is 0.751. The van der Waals surface area contributed by atoms with Gasteiger partial charge in [-0.3, -0.25) is 0 Å². The number of aryl methyl sites for hydroxylation is 1. The highest BCUT2D eigenvalue weighted by Crippen LogP contribution is 2.36. The molecule has 1 aromatic carbocycles. The minimum Gasteiger partial charge on any atom is -0.359 e. The van der Waals surface area contributed by atoms with Crippen molar-refractivity contribution in [2.75, 3.05) is 6.54 Å². The molecule has 0 saturated carbocycles. The Morgan fingerprint density at radius 3 is 2.67 bits per heavy atom. The Morgan fingerprint density at radius 1 is 1.33 bits per heavy atom. The number of sulfonamides is 1. The Bertz CT molecular complexity index is 740. The maximum absolute atomic E-state index is 12.8. The summed E-state index contributed by atoms with van der Waals surface area (Å²) in [5.74, 6) is 0.600. The van der Waals surface area contributed by atoms with Gasteiger partial charge in [-0.2, -0.15) is 4.31 Å². The number of hydrogen-bond acceptors (Lipinski definition) is 4. The number of benzene rings is 1. The van der Waals surface area contributed by atoms with Crippen molar-refractivity contribution in [2.24, 2.45) is 0 Å². The van der Waals surface area contributed by atoms with E-state index in [2.05, 4.69) is 5.16 Å². The minimum atomic E-state index is -3.56. The van der Waals surface area contributed by atoms with Gasteiger partial charge < -0.3 is 4.52 Å². The van der Waals surface area contributed by atoms with E-state index in [1.54, 1.807) is 18.2 Å². The second kappa shape index (κ2) is 5.44. The Morgan fingerprint density at radius 2 is 2.05 bits per heavy atom. The van der Waals surface area contributed by atoms with Crippen LogP contribution in [0.4, 0.5) is 0 Å². The largest absolute Gasteiger partial charge is 0.359 e. The van der Waals surface area contributed by atoms with Gasteiger partial charge in [-0.25, -0.2) is 8.42 Å². The van der Waals surface area contributed by atoms with Gasteiger partial charge in [0, 0.05) is 17.6 Å². The molecule has 112 valence electrons. The Labute approximate surface area is 128 Å². The lowest BCUT2D eigenvalue weighted by Gasteiger charge is -2.22. The third-order valence-corrected chi connectivity index (χ3v) is 5.77. The highest BCUT2D eigenvalue weighted by Gasteiger charge is 2.38. The molecule has 2 aromatic rings. The molecule has 21 heavy (non-hydrogen) atoms. The monoisotopic (exact) mass is 326 g/mol. The highest BCUT2D eigenvalue weighted by molar-refractivity contribution is 7.89. The molecule has 1 atom stereocenters. The van der Waals surface area contributed by atoms with E-state index in [-0.39, 0.29) is 10.9 Å². The molecule has 1 saturated heterocycles.